The zero-order valence-electron chi connectivity index (χ0n) is 13.4. The summed E-state index contributed by atoms with van der Waals surface area (Å²) in [6, 6.07) is 8.21. The molecular weight excluding hydrogens is 308 g/mol. The van der Waals surface area contributed by atoms with E-state index in [1.54, 1.807) is 0 Å². The first-order valence-electron chi connectivity index (χ1n) is 8.21. The summed E-state index contributed by atoms with van der Waals surface area (Å²) in [6.45, 7) is 4.08. The number of hydrogen-bond acceptors (Lipinski definition) is 3. The van der Waals surface area contributed by atoms with E-state index in [1.165, 1.54) is 5.56 Å². The van der Waals surface area contributed by atoms with Gasteiger partial charge in [-0.3, -0.25) is 4.79 Å². The van der Waals surface area contributed by atoms with Gasteiger partial charge in [0.1, 0.15) is 0 Å². The third-order valence-electron chi connectivity index (χ3n) is 4.40. The van der Waals surface area contributed by atoms with Crippen molar-refractivity contribution in [3.8, 4) is 0 Å². The number of nitrogens with two attached hydrogens (primary N) is 1. The van der Waals surface area contributed by atoms with Crippen molar-refractivity contribution in [3.63, 3.8) is 0 Å². The highest BCUT2D eigenvalue weighted by Gasteiger charge is 2.20. The fourth-order valence-electron chi connectivity index (χ4n) is 3.00. The van der Waals surface area contributed by atoms with Crippen LogP contribution < -0.4 is 5.73 Å². The second kappa shape index (κ2) is 7.73. The average Bonchev–Trinajstić information content (AvgIpc) is 2.99. The summed E-state index contributed by atoms with van der Waals surface area (Å²) < 4.78 is 0. The van der Waals surface area contributed by atoms with Gasteiger partial charge in [-0.15, -0.1) is 0 Å². The Kier molecular flexibility index (Phi) is 5.43. The van der Waals surface area contributed by atoms with E-state index in [0.717, 1.165) is 43.1 Å². The number of aliphatic imine (C=N–C) groups is 1. The lowest BCUT2D eigenvalue weighted by Crippen LogP contribution is -2.42. The van der Waals surface area contributed by atoms with Crippen LogP contribution in [0.3, 0.4) is 0 Å². The highest BCUT2D eigenvalue weighted by molar-refractivity contribution is 7.99. The Labute approximate surface area is 141 Å². The minimum absolute atomic E-state index is 0.258. The summed E-state index contributed by atoms with van der Waals surface area (Å²) in [7, 11) is 0. The molecule has 2 aliphatic rings. The summed E-state index contributed by atoms with van der Waals surface area (Å²) in [5.41, 5.74) is 8.46. The molecule has 0 saturated carbocycles. The highest BCUT2D eigenvalue weighted by atomic mass is 32.2. The number of amides is 1. The predicted molar refractivity (Wildman–Crippen MR) is 95.3 cm³/mol. The molecular formula is C17H24N4OS. The highest BCUT2D eigenvalue weighted by Crippen LogP contribution is 2.18. The lowest BCUT2D eigenvalue weighted by molar-refractivity contribution is -0.128. The maximum atomic E-state index is 11.8. The molecule has 1 amide bonds. The number of nitrogens with zero attached hydrogens (tertiary/aromatic N) is 3. The fraction of sp³-hybridized carbons (Fsp3) is 0.529. The van der Waals surface area contributed by atoms with E-state index in [-0.39, 0.29) is 5.91 Å². The molecule has 2 saturated heterocycles. The lowest BCUT2D eigenvalue weighted by atomic mass is 10.1. The van der Waals surface area contributed by atoms with E-state index in [2.05, 4.69) is 22.0 Å². The smallest absolute Gasteiger partial charge is 0.222 e. The average molecular weight is 332 g/mol. The second-order valence-electron chi connectivity index (χ2n) is 5.96. The normalized spacial score (nSPS) is 19.5. The van der Waals surface area contributed by atoms with E-state index < -0.39 is 0 Å². The van der Waals surface area contributed by atoms with Gasteiger partial charge in [-0.1, -0.05) is 24.3 Å². The van der Waals surface area contributed by atoms with Gasteiger partial charge in [-0.2, -0.15) is 11.8 Å². The first kappa shape index (κ1) is 16.2. The molecule has 2 heterocycles. The van der Waals surface area contributed by atoms with Gasteiger partial charge in [-0.25, -0.2) is 4.99 Å². The Morgan fingerprint density at radius 1 is 1.17 bits per heavy atom. The molecule has 3 rings (SSSR count). The van der Waals surface area contributed by atoms with Gasteiger partial charge in [0.2, 0.25) is 5.91 Å². The Balaban J connectivity index is 1.66. The fourth-order valence-corrected chi connectivity index (χ4v) is 3.90. The quantitative estimate of drug-likeness (QED) is 0.673. The SMILES string of the molecule is NC(=NCc1ccccc1CN1CCCC1=O)N1CCSCC1. The van der Waals surface area contributed by atoms with E-state index in [9.17, 15) is 4.79 Å². The summed E-state index contributed by atoms with van der Waals surface area (Å²) in [5, 5.41) is 0. The third kappa shape index (κ3) is 4.19. The van der Waals surface area contributed by atoms with Gasteiger partial charge in [-0.05, 0) is 17.5 Å². The Bertz CT molecular complexity index is 584. The van der Waals surface area contributed by atoms with Crippen LogP contribution in [0.1, 0.15) is 24.0 Å². The number of benzene rings is 1. The largest absolute Gasteiger partial charge is 0.370 e. The summed E-state index contributed by atoms with van der Waals surface area (Å²) in [4.78, 5) is 20.5. The molecule has 0 spiro atoms. The first-order chi connectivity index (χ1) is 11.2. The van der Waals surface area contributed by atoms with Gasteiger partial charge in [0.05, 0.1) is 6.54 Å². The van der Waals surface area contributed by atoms with Crippen molar-refractivity contribution in [2.75, 3.05) is 31.1 Å². The number of hydrogen-bond donors (Lipinski definition) is 1. The molecule has 1 aromatic rings. The molecule has 0 radical (unpaired) electrons. The van der Waals surface area contributed by atoms with Crippen molar-refractivity contribution >= 4 is 23.6 Å². The molecule has 124 valence electrons. The van der Waals surface area contributed by atoms with Crippen LogP contribution in [0.2, 0.25) is 0 Å². The predicted octanol–water partition coefficient (Wildman–Crippen LogP) is 1.67. The van der Waals surface area contributed by atoms with Crippen LogP contribution in [0.5, 0.6) is 0 Å². The summed E-state index contributed by atoms with van der Waals surface area (Å²) in [5.74, 6) is 3.12. The molecule has 2 fully saturated rings. The van der Waals surface area contributed by atoms with Crippen molar-refractivity contribution in [3.05, 3.63) is 35.4 Å². The summed E-state index contributed by atoms with van der Waals surface area (Å²) >= 11 is 1.96. The van der Waals surface area contributed by atoms with E-state index >= 15 is 0 Å². The number of carbonyl (C=O) groups is 1. The molecule has 5 nitrogen and oxygen atoms in total. The standard InChI is InChI=1S/C17H24N4OS/c18-17(20-8-10-23-11-9-20)19-12-14-4-1-2-5-15(14)13-21-7-3-6-16(21)22/h1-2,4-5H,3,6-13H2,(H2,18,19). The maximum Gasteiger partial charge on any atom is 0.222 e. The molecule has 23 heavy (non-hydrogen) atoms. The zero-order chi connectivity index (χ0) is 16.1. The molecule has 0 bridgehead atoms. The topological polar surface area (TPSA) is 61.9 Å². The van der Waals surface area contributed by atoms with Crippen LogP contribution in [-0.4, -0.2) is 52.8 Å². The van der Waals surface area contributed by atoms with Crippen molar-refractivity contribution in [1.29, 1.82) is 0 Å². The van der Waals surface area contributed by atoms with Gasteiger partial charge in [0.15, 0.2) is 5.96 Å². The molecule has 0 unspecified atom stereocenters. The minimum atomic E-state index is 0.258. The lowest BCUT2D eigenvalue weighted by Gasteiger charge is -2.27. The Morgan fingerprint density at radius 3 is 2.61 bits per heavy atom. The zero-order valence-corrected chi connectivity index (χ0v) is 14.2. The molecule has 0 aliphatic carbocycles. The molecule has 2 N–H and O–H groups in total. The number of likely N-dealkylation sites (tertiary alicyclic amines) is 1. The van der Waals surface area contributed by atoms with Gasteiger partial charge in [0, 0.05) is 44.1 Å². The van der Waals surface area contributed by atoms with E-state index in [4.69, 9.17) is 5.73 Å². The van der Waals surface area contributed by atoms with Crippen LogP contribution in [0.4, 0.5) is 0 Å². The van der Waals surface area contributed by atoms with Crippen molar-refractivity contribution in [2.45, 2.75) is 25.9 Å². The molecule has 1 aromatic carbocycles. The molecule has 0 atom stereocenters. The van der Waals surface area contributed by atoms with Crippen molar-refractivity contribution in [2.24, 2.45) is 10.7 Å². The third-order valence-corrected chi connectivity index (χ3v) is 5.34. The maximum absolute atomic E-state index is 11.8. The molecule has 6 heteroatoms. The summed E-state index contributed by atoms with van der Waals surface area (Å²) in [6.07, 6.45) is 1.65. The first-order valence-corrected chi connectivity index (χ1v) is 9.36. The van der Waals surface area contributed by atoms with Crippen LogP contribution in [0.15, 0.2) is 29.3 Å². The second-order valence-corrected chi connectivity index (χ2v) is 7.19. The van der Waals surface area contributed by atoms with Gasteiger partial charge < -0.3 is 15.5 Å². The molecule has 0 aromatic heterocycles. The van der Waals surface area contributed by atoms with E-state index in [1.807, 2.05) is 28.8 Å². The van der Waals surface area contributed by atoms with Crippen molar-refractivity contribution < 1.29 is 4.79 Å². The van der Waals surface area contributed by atoms with Crippen LogP contribution in [0, 0.1) is 0 Å². The number of rotatable bonds is 4. The number of carbonyl (C=O) groups excluding carboxylic acids is 1. The van der Waals surface area contributed by atoms with Gasteiger partial charge >= 0.3 is 0 Å². The molecule has 2 aliphatic heterocycles. The Hall–Kier alpha value is -1.69. The monoisotopic (exact) mass is 332 g/mol. The number of thioether (sulfide) groups is 1. The minimum Gasteiger partial charge on any atom is -0.370 e. The van der Waals surface area contributed by atoms with E-state index in [0.29, 0.717) is 25.5 Å². The van der Waals surface area contributed by atoms with Crippen molar-refractivity contribution in [1.82, 2.24) is 9.80 Å². The number of guanidine groups is 1. The van der Waals surface area contributed by atoms with Crippen LogP contribution in [0.25, 0.3) is 0 Å². The Morgan fingerprint density at radius 2 is 1.91 bits per heavy atom. The van der Waals surface area contributed by atoms with Crippen LogP contribution >= 0.6 is 11.8 Å². The van der Waals surface area contributed by atoms with Crippen LogP contribution in [-0.2, 0) is 17.9 Å². The van der Waals surface area contributed by atoms with Gasteiger partial charge in [0.25, 0.3) is 0 Å².